The Bertz CT molecular complexity index is 556. The zero-order chi connectivity index (χ0) is 11.9. The highest BCUT2D eigenvalue weighted by Gasteiger charge is 2.35. The monoisotopic (exact) mass is 310 g/mol. The molecule has 0 N–H and O–H groups in total. The van der Waals surface area contributed by atoms with Crippen LogP contribution in [-0.4, -0.2) is 9.97 Å². The maximum Gasteiger partial charge on any atom is 0.451 e. The molecule has 7 heteroatoms. The van der Waals surface area contributed by atoms with Crippen LogP contribution < -0.4 is 0 Å². The highest BCUT2D eigenvalue weighted by atomic mass is 79.9. The molecule has 0 aliphatic rings. The normalized spacial score (nSPS) is 12.1. The first kappa shape index (κ1) is 11.6. The van der Waals surface area contributed by atoms with E-state index in [0.29, 0.717) is 9.86 Å². The van der Waals surface area contributed by atoms with E-state index in [-0.39, 0.29) is 10.7 Å². The molecule has 0 saturated carbocycles. The summed E-state index contributed by atoms with van der Waals surface area (Å²) in [6.45, 7) is 0. The van der Waals surface area contributed by atoms with Crippen LogP contribution >= 0.6 is 27.5 Å². The Morgan fingerprint density at radius 2 is 1.88 bits per heavy atom. The fourth-order valence-electron chi connectivity index (χ4n) is 1.19. The summed E-state index contributed by atoms with van der Waals surface area (Å²) in [6, 6.07) is 4.67. The van der Waals surface area contributed by atoms with Gasteiger partial charge in [-0.05, 0) is 18.2 Å². The van der Waals surface area contributed by atoms with Crippen LogP contribution in [-0.2, 0) is 6.18 Å². The van der Waals surface area contributed by atoms with E-state index in [0.717, 1.165) is 0 Å². The third kappa shape index (κ3) is 2.12. The van der Waals surface area contributed by atoms with E-state index in [9.17, 15) is 13.2 Å². The van der Waals surface area contributed by atoms with Gasteiger partial charge in [-0.3, -0.25) is 0 Å². The average Bonchev–Trinajstić information content (AvgIpc) is 2.15. The Balaban J connectivity index is 2.75. The van der Waals surface area contributed by atoms with Crippen molar-refractivity contribution < 1.29 is 13.2 Å². The average molecular weight is 311 g/mol. The molecule has 1 aromatic heterocycles. The van der Waals surface area contributed by atoms with E-state index in [1.54, 1.807) is 12.1 Å². The van der Waals surface area contributed by atoms with Gasteiger partial charge in [0, 0.05) is 9.86 Å². The number of nitrogens with zero attached hydrogens (tertiary/aromatic N) is 2. The molecular weight excluding hydrogens is 308 g/mol. The van der Waals surface area contributed by atoms with Crippen molar-refractivity contribution in [2.24, 2.45) is 0 Å². The number of fused-ring (bicyclic) bond motifs is 1. The molecule has 0 fully saturated rings. The van der Waals surface area contributed by atoms with Crippen LogP contribution in [0.25, 0.3) is 10.9 Å². The molecule has 16 heavy (non-hydrogen) atoms. The molecule has 0 atom stereocenters. The van der Waals surface area contributed by atoms with Crippen molar-refractivity contribution in [3.05, 3.63) is 33.6 Å². The lowest BCUT2D eigenvalue weighted by atomic mass is 10.2. The molecule has 0 aliphatic carbocycles. The maximum atomic E-state index is 12.4. The summed E-state index contributed by atoms with van der Waals surface area (Å²) in [5.41, 5.74) is 0.154. The SMILES string of the molecule is FC(F)(F)c1nc(Cl)c2ccc(Br)cc2n1. The summed E-state index contributed by atoms with van der Waals surface area (Å²) >= 11 is 8.80. The summed E-state index contributed by atoms with van der Waals surface area (Å²) < 4.78 is 37.8. The zero-order valence-corrected chi connectivity index (χ0v) is 9.86. The van der Waals surface area contributed by atoms with E-state index < -0.39 is 12.0 Å². The van der Waals surface area contributed by atoms with Gasteiger partial charge in [-0.15, -0.1) is 0 Å². The van der Waals surface area contributed by atoms with Crippen LogP contribution in [0, 0.1) is 0 Å². The zero-order valence-electron chi connectivity index (χ0n) is 7.52. The lowest BCUT2D eigenvalue weighted by Crippen LogP contribution is -2.11. The lowest BCUT2D eigenvalue weighted by molar-refractivity contribution is -0.144. The Labute approximate surface area is 102 Å². The standard InChI is InChI=1S/C9H3BrClF3N2/c10-4-1-2-5-6(3-4)15-8(9(12,13)14)16-7(5)11/h1-3H. The van der Waals surface area contributed by atoms with Crippen molar-refractivity contribution in [2.75, 3.05) is 0 Å². The highest BCUT2D eigenvalue weighted by molar-refractivity contribution is 9.10. The van der Waals surface area contributed by atoms with Gasteiger partial charge in [-0.2, -0.15) is 13.2 Å². The van der Waals surface area contributed by atoms with Gasteiger partial charge in [-0.25, -0.2) is 9.97 Å². The van der Waals surface area contributed by atoms with Gasteiger partial charge in [0.1, 0.15) is 5.15 Å². The minimum absolute atomic E-state index is 0.154. The second-order valence-corrected chi connectivity index (χ2v) is 4.27. The van der Waals surface area contributed by atoms with Crippen LogP contribution in [0.2, 0.25) is 5.15 Å². The van der Waals surface area contributed by atoms with Gasteiger partial charge in [0.25, 0.3) is 0 Å². The minimum atomic E-state index is -4.60. The molecule has 0 bridgehead atoms. The molecular formula is C9H3BrClF3N2. The molecule has 0 unspecified atom stereocenters. The summed E-state index contributed by atoms with van der Waals surface area (Å²) in [4.78, 5) is 6.63. The molecule has 0 aliphatic heterocycles. The van der Waals surface area contributed by atoms with Crippen LogP contribution in [0.1, 0.15) is 5.82 Å². The topological polar surface area (TPSA) is 25.8 Å². The van der Waals surface area contributed by atoms with Gasteiger partial charge >= 0.3 is 6.18 Å². The number of hydrogen-bond acceptors (Lipinski definition) is 2. The number of benzene rings is 1. The summed E-state index contributed by atoms with van der Waals surface area (Å²) in [5.74, 6) is -1.23. The van der Waals surface area contributed by atoms with E-state index in [1.807, 2.05) is 0 Å². The second kappa shape index (κ2) is 3.85. The van der Waals surface area contributed by atoms with Crippen LogP contribution in [0.5, 0.6) is 0 Å². The van der Waals surface area contributed by atoms with E-state index in [4.69, 9.17) is 11.6 Å². The summed E-state index contributed by atoms with van der Waals surface area (Å²) in [7, 11) is 0. The quantitative estimate of drug-likeness (QED) is 0.686. The highest BCUT2D eigenvalue weighted by Crippen LogP contribution is 2.30. The molecule has 0 spiro atoms. The Morgan fingerprint density at radius 3 is 2.50 bits per heavy atom. The molecule has 0 radical (unpaired) electrons. The third-order valence-corrected chi connectivity index (χ3v) is 2.65. The third-order valence-electron chi connectivity index (χ3n) is 1.87. The number of hydrogen-bond donors (Lipinski definition) is 0. The Hall–Kier alpha value is -0.880. The minimum Gasteiger partial charge on any atom is -0.224 e. The fraction of sp³-hybridized carbons (Fsp3) is 0.111. The van der Waals surface area contributed by atoms with Crippen molar-refractivity contribution in [1.82, 2.24) is 9.97 Å². The molecule has 0 amide bonds. The first-order valence-electron chi connectivity index (χ1n) is 4.08. The van der Waals surface area contributed by atoms with Gasteiger partial charge in [-0.1, -0.05) is 27.5 Å². The van der Waals surface area contributed by atoms with Crippen molar-refractivity contribution >= 4 is 38.4 Å². The van der Waals surface area contributed by atoms with Crippen LogP contribution in [0.4, 0.5) is 13.2 Å². The fourth-order valence-corrected chi connectivity index (χ4v) is 1.78. The lowest BCUT2D eigenvalue weighted by Gasteiger charge is -2.07. The number of halogens is 5. The molecule has 2 rings (SSSR count). The molecule has 1 heterocycles. The summed E-state index contributed by atoms with van der Waals surface area (Å²) in [5, 5.41) is 0.183. The first-order valence-corrected chi connectivity index (χ1v) is 5.25. The van der Waals surface area contributed by atoms with Gasteiger partial charge in [0.05, 0.1) is 5.52 Å². The number of aromatic nitrogens is 2. The van der Waals surface area contributed by atoms with Crippen LogP contribution in [0.15, 0.2) is 22.7 Å². The maximum absolute atomic E-state index is 12.4. The predicted molar refractivity (Wildman–Crippen MR) is 57.2 cm³/mol. The van der Waals surface area contributed by atoms with E-state index >= 15 is 0 Å². The van der Waals surface area contributed by atoms with Crippen molar-refractivity contribution in [2.45, 2.75) is 6.18 Å². The van der Waals surface area contributed by atoms with Crippen molar-refractivity contribution in [1.29, 1.82) is 0 Å². The molecule has 2 aromatic rings. The number of alkyl halides is 3. The molecule has 1 aromatic carbocycles. The molecule has 84 valence electrons. The van der Waals surface area contributed by atoms with Gasteiger partial charge in [0.15, 0.2) is 0 Å². The van der Waals surface area contributed by atoms with Crippen molar-refractivity contribution in [3.63, 3.8) is 0 Å². The Kier molecular flexibility index (Phi) is 2.79. The Morgan fingerprint density at radius 1 is 1.19 bits per heavy atom. The molecule has 0 saturated heterocycles. The summed E-state index contributed by atoms with van der Waals surface area (Å²) in [6.07, 6.45) is -4.60. The smallest absolute Gasteiger partial charge is 0.224 e. The van der Waals surface area contributed by atoms with E-state index in [1.165, 1.54) is 6.07 Å². The van der Waals surface area contributed by atoms with Gasteiger partial charge < -0.3 is 0 Å². The first-order chi connectivity index (χ1) is 7.38. The largest absolute Gasteiger partial charge is 0.451 e. The van der Waals surface area contributed by atoms with Crippen LogP contribution in [0.3, 0.4) is 0 Å². The number of rotatable bonds is 0. The van der Waals surface area contributed by atoms with Crippen molar-refractivity contribution in [3.8, 4) is 0 Å². The predicted octanol–water partition coefficient (Wildman–Crippen LogP) is 4.06. The second-order valence-electron chi connectivity index (χ2n) is 3.00. The van der Waals surface area contributed by atoms with E-state index in [2.05, 4.69) is 25.9 Å². The molecule has 2 nitrogen and oxygen atoms in total. The van der Waals surface area contributed by atoms with Gasteiger partial charge in [0.2, 0.25) is 5.82 Å².